The molecule has 164 valence electrons. The van der Waals surface area contributed by atoms with Crippen molar-refractivity contribution in [3.8, 4) is 11.5 Å². The number of sulfonamides is 1. The molecule has 1 aliphatic rings. The van der Waals surface area contributed by atoms with E-state index < -0.39 is 10.0 Å². The minimum absolute atomic E-state index is 0.0615. The Morgan fingerprint density at radius 1 is 1.03 bits per heavy atom. The van der Waals surface area contributed by atoms with Gasteiger partial charge in [-0.3, -0.25) is 0 Å². The maximum absolute atomic E-state index is 13.1. The first kappa shape index (κ1) is 21.8. The number of ether oxygens (including phenoxy) is 1. The van der Waals surface area contributed by atoms with Crippen LogP contribution in [0.4, 0.5) is 0 Å². The molecule has 1 fully saturated rings. The van der Waals surface area contributed by atoms with E-state index >= 15 is 0 Å². The van der Waals surface area contributed by atoms with Gasteiger partial charge in [0.1, 0.15) is 11.5 Å². The molecule has 0 radical (unpaired) electrons. The summed E-state index contributed by atoms with van der Waals surface area (Å²) in [6.07, 6.45) is 2.39. The predicted molar refractivity (Wildman–Crippen MR) is 124 cm³/mol. The van der Waals surface area contributed by atoms with Gasteiger partial charge in [-0.25, -0.2) is 0 Å². The summed E-state index contributed by atoms with van der Waals surface area (Å²) < 4.78 is 38.3. The molecule has 1 aliphatic carbocycles. The fraction of sp³-hybridized carbons (Fsp3) is 0.375. The van der Waals surface area contributed by atoms with E-state index in [2.05, 4.69) is 36.7 Å². The first-order valence-corrected chi connectivity index (χ1v) is 12.7. The van der Waals surface area contributed by atoms with Crippen LogP contribution in [0.2, 0.25) is 0 Å². The summed E-state index contributed by atoms with van der Waals surface area (Å²) in [7, 11) is -3.83. The van der Waals surface area contributed by atoms with E-state index in [1.54, 1.807) is 24.3 Å². The third kappa shape index (κ3) is 5.10. The van der Waals surface area contributed by atoms with Crippen molar-refractivity contribution < 1.29 is 13.2 Å². The van der Waals surface area contributed by atoms with Gasteiger partial charge in [-0.2, -0.15) is 8.42 Å². The van der Waals surface area contributed by atoms with Crippen LogP contribution in [0.5, 0.6) is 11.5 Å². The van der Waals surface area contributed by atoms with Gasteiger partial charge in [0.05, 0.1) is 4.90 Å². The lowest BCUT2D eigenvalue weighted by Gasteiger charge is -2.17. The molecule has 0 unspecified atom stereocenters. The molecule has 0 atom stereocenters. The zero-order valence-corrected chi connectivity index (χ0v) is 20.0. The summed E-state index contributed by atoms with van der Waals surface area (Å²) in [6.45, 7) is 9.35. The van der Waals surface area contributed by atoms with Crippen LogP contribution in [0.15, 0.2) is 63.9 Å². The first-order chi connectivity index (χ1) is 14.6. The first-order valence-electron chi connectivity index (χ1n) is 10.5. The molecule has 3 aromatic rings. The smallest absolute Gasteiger partial charge is 0.285 e. The van der Waals surface area contributed by atoms with Gasteiger partial charge in [0.15, 0.2) is 0 Å². The van der Waals surface area contributed by atoms with Gasteiger partial charge in [0.25, 0.3) is 10.0 Å². The second-order valence-electron chi connectivity index (χ2n) is 9.06. The Morgan fingerprint density at radius 3 is 2.23 bits per heavy atom. The molecule has 0 N–H and O–H groups in total. The van der Waals surface area contributed by atoms with Crippen molar-refractivity contribution >= 4 is 21.4 Å². The highest BCUT2D eigenvalue weighted by Gasteiger charge is 2.27. The van der Waals surface area contributed by atoms with Crippen LogP contribution >= 0.6 is 11.3 Å². The predicted octanol–water partition coefficient (Wildman–Crippen LogP) is 5.65. The molecule has 0 aliphatic heterocycles. The monoisotopic (exact) mass is 456 g/mol. The minimum Gasteiger partial charge on any atom is -0.457 e. The summed E-state index contributed by atoms with van der Waals surface area (Å²) in [4.78, 5) is 1.89. The molecule has 1 aromatic heterocycles. The van der Waals surface area contributed by atoms with Crippen LogP contribution in [-0.2, 0) is 22.0 Å². The van der Waals surface area contributed by atoms with Crippen molar-refractivity contribution in [2.75, 3.05) is 0 Å². The molecular formula is C24H28N2O3S2. The van der Waals surface area contributed by atoms with Crippen molar-refractivity contribution in [3.05, 3.63) is 70.0 Å². The van der Waals surface area contributed by atoms with Crippen molar-refractivity contribution in [2.24, 2.45) is 10.3 Å². The summed E-state index contributed by atoms with van der Waals surface area (Å²) in [5.41, 5.74) is 1.05. The number of hydrogen-bond donors (Lipinski definition) is 0. The maximum Gasteiger partial charge on any atom is 0.285 e. The summed E-state index contributed by atoms with van der Waals surface area (Å²) in [6, 6.07) is 15.8. The Labute approximate surface area is 188 Å². The summed E-state index contributed by atoms with van der Waals surface area (Å²) >= 11 is 1.48. The molecule has 4 rings (SSSR count). The largest absolute Gasteiger partial charge is 0.457 e. The van der Waals surface area contributed by atoms with E-state index in [-0.39, 0.29) is 10.3 Å². The van der Waals surface area contributed by atoms with E-state index in [4.69, 9.17) is 4.74 Å². The normalized spacial score (nSPS) is 15.3. The molecule has 0 spiro atoms. The Balaban J connectivity index is 1.67. The Kier molecular flexibility index (Phi) is 5.83. The Bertz CT molecular complexity index is 1230. The zero-order valence-electron chi connectivity index (χ0n) is 18.3. The van der Waals surface area contributed by atoms with Crippen molar-refractivity contribution in [1.29, 1.82) is 0 Å². The molecule has 1 saturated carbocycles. The highest BCUT2D eigenvalue weighted by Crippen LogP contribution is 2.34. The van der Waals surface area contributed by atoms with Gasteiger partial charge < -0.3 is 9.30 Å². The standard InChI is InChI=1S/C24H28N2O3S2/c1-17-22(24(2,3)4)30-23(26(17)16-18-10-11-18)25-31(27,28)21-14-12-20(13-15-21)29-19-8-6-5-7-9-19/h5-9,12-15,18H,10-11,16H2,1-4H3. The van der Waals surface area contributed by atoms with Crippen LogP contribution in [0.25, 0.3) is 0 Å². The van der Waals surface area contributed by atoms with E-state index in [1.807, 2.05) is 30.3 Å². The van der Waals surface area contributed by atoms with Crippen LogP contribution in [-0.4, -0.2) is 13.0 Å². The molecule has 1 heterocycles. The summed E-state index contributed by atoms with van der Waals surface area (Å²) in [5.74, 6) is 1.90. The van der Waals surface area contributed by atoms with Gasteiger partial charge in [-0.15, -0.1) is 15.7 Å². The van der Waals surface area contributed by atoms with Gasteiger partial charge in [-0.1, -0.05) is 39.0 Å². The van der Waals surface area contributed by atoms with Crippen molar-refractivity contribution in [1.82, 2.24) is 4.57 Å². The van der Waals surface area contributed by atoms with Crippen LogP contribution < -0.4 is 9.54 Å². The third-order valence-corrected chi connectivity index (χ3v) is 8.28. The highest BCUT2D eigenvalue weighted by atomic mass is 32.2. The molecule has 0 amide bonds. The van der Waals surface area contributed by atoms with Crippen LogP contribution in [0.3, 0.4) is 0 Å². The van der Waals surface area contributed by atoms with E-state index in [0.29, 0.717) is 22.2 Å². The van der Waals surface area contributed by atoms with Gasteiger partial charge >= 0.3 is 0 Å². The lowest BCUT2D eigenvalue weighted by atomic mass is 9.93. The lowest BCUT2D eigenvalue weighted by molar-refractivity contribution is 0.482. The fourth-order valence-corrected chi connectivity index (χ4v) is 5.88. The molecule has 0 bridgehead atoms. The fourth-order valence-electron chi connectivity index (χ4n) is 3.48. The maximum atomic E-state index is 13.1. The van der Waals surface area contributed by atoms with E-state index in [9.17, 15) is 8.42 Å². The number of para-hydroxylation sites is 1. The Morgan fingerprint density at radius 2 is 1.65 bits per heavy atom. The van der Waals surface area contributed by atoms with Crippen molar-refractivity contribution in [2.45, 2.75) is 57.4 Å². The Hall–Kier alpha value is -2.38. The van der Waals surface area contributed by atoms with Gasteiger partial charge in [0, 0.05) is 17.1 Å². The third-order valence-electron chi connectivity index (χ3n) is 5.28. The SMILES string of the molecule is Cc1c(C(C)(C)C)sc(=NS(=O)(=O)c2ccc(Oc3ccccc3)cc2)n1CC1CC1. The number of thiazole rings is 1. The number of hydrogen-bond acceptors (Lipinski definition) is 4. The zero-order chi connectivity index (χ0) is 22.2. The number of benzene rings is 2. The van der Waals surface area contributed by atoms with E-state index in [0.717, 1.165) is 12.2 Å². The average Bonchev–Trinajstić information content (AvgIpc) is 3.48. The molecule has 5 nitrogen and oxygen atoms in total. The van der Waals surface area contributed by atoms with Crippen molar-refractivity contribution in [3.63, 3.8) is 0 Å². The minimum atomic E-state index is -3.83. The quantitative estimate of drug-likeness (QED) is 0.482. The second-order valence-corrected chi connectivity index (χ2v) is 11.6. The summed E-state index contributed by atoms with van der Waals surface area (Å²) in [5, 5.41) is 0. The molecular weight excluding hydrogens is 428 g/mol. The molecule has 2 aromatic carbocycles. The molecule has 0 saturated heterocycles. The number of aromatic nitrogens is 1. The van der Waals surface area contributed by atoms with Crippen LogP contribution in [0.1, 0.15) is 44.2 Å². The number of nitrogens with zero attached hydrogens (tertiary/aromatic N) is 2. The van der Waals surface area contributed by atoms with Crippen LogP contribution in [0, 0.1) is 12.8 Å². The number of rotatable bonds is 6. The lowest BCUT2D eigenvalue weighted by Crippen LogP contribution is -2.20. The average molecular weight is 457 g/mol. The second kappa shape index (κ2) is 8.28. The van der Waals surface area contributed by atoms with Gasteiger partial charge in [0.2, 0.25) is 4.80 Å². The topological polar surface area (TPSA) is 60.7 Å². The van der Waals surface area contributed by atoms with Gasteiger partial charge in [-0.05, 0) is 67.5 Å². The molecule has 7 heteroatoms. The molecule has 31 heavy (non-hydrogen) atoms. The van der Waals surface area contributed by atoms with E-state index in [1.165, 1.54) is 29.1 Å². The highest BCUT2D eigenvalue weighted by molar-refractivity contribution is 7.90.